The van der Waals surface area contributed by atoms with Crippen LogP contribution in [0.4, 0.5) is 23.2 Å². The lowest BCUT2D eigenvalue weighted by Gasteiger charge is -2.10. The van der Waals surface area contributed by atoms with Crippen molar-refractivity contribution < 1.29 is 27.1 Å². The maximum Gasteiger partial charge on any atom is 0.573 e. The Kier molecular flexibility index (Phi) is 5.86. The summed E-state index contributed by atoms with van der Waals surface area (Å²) in [5.41, 5.74) is 0.676. The van der Waals surface area contributed by atoms with E-state index in [1.54, 1.807) is 18.2 Å². The summed E-state index contributed by atoms with van der Waals surface area (Å²) in [6, 6.07) is 11.3. The molecule has 1 amide bonds. The molecule has 1 N–H and O–H groups in total. The highest BCUT2D eigenvalue weighted by molar-refractivity contribution is 7.99. The summed E-state index contributed by atoms with van der Waals surface area (Å²) in [5.74, 6) is -0.721. The lowest BCUT2D eigenvalue weighted by molar-refractivity contribution is -0.274. The maximum atomic E-state index is 14.2. The van der Waals surface area contributed by atoms with E-state index >= 15 is 0 Å². The first-order valence-corrected chi connectivity index (χ1v) is 10.3. The Hall–Kier alpha value is -3.08. The molecule has 0 bridgehead atoms. The van der Waals surface area contributed by atoms with Crippen molar-refractivity contribution in [3.63, 3.8) is 0 Å². The predicted molar refractivity (Wildman–Crippen MR) is 106 cm³/mol. The standard InChI is InChI=1S/C20H16F4N4O2S/c21-16-4-2-1-3-15(16)18-26-27-19(28(18)13-7-8-13)31-11-17(29)25-12-5-9-14(10-6-12)30-20(22,23)24/h1-6,9-10,13H,7-8,11H2,(H,25,29). The van der Waals surface area contributed by atoms with E-state index in [4.69, 9.17) is 0 Å². The van der Waals surface area contributed by atoms with Crippen LogP contribution in [0.2, 0.25) is 0 Å². The van der Waals surface area contributed by atoms with Gasteiger partial charge in [0.1, 0.15) is 11.6 Å². The molecule has 1 aromatic heterocycles. The molecule has 3 aromatic rings. The van der Waals surface area contributed by atoms with E-state index in [1.807, 2.05) is 4.57 Å². The molecule has 1 aliphatic rings. The number of hydrogen-bond acceptors (Lipinski definition) is 5. The number of thioether (sulfide) groups is 1. The number of carbonyl (C=O) groups is 1. The molecule has 1 aliphatic carbocycles. The summed E-state index contributed by atoms with van der Waals surface area (Å²) in [4.78, 5) is 12.3. The molecule has 4 rings (SSSR count). The van der Waals surface area contributed by atoms with E-state index in [0.29, 0.717) is 22.2 Å². The smallest absolute Gasteiger partial charge is 0.406 e. The average Bonchev–Trinajstić information content (AvgIpc) is 3.46. The third-order valence-corrected chi connectivity index (χ3v) is 5.34. The number of carbonyl (C=O) groups excluding carboxylic acids is 1. The first-order valence-electron chi connectivity index (χ1n) is 9.28. The summed E-state index contributed by atoms with van der Waals surface area (Å²) in [5, 5.41) is 11.4. The molecule has 0 radical (unpaired) electrons. The normalized spacial score (nSPS) is 13.8. The van der Waals surface area contributed by atoms with Crippen molar-refractivity contribution in [3.05, 3.63) is 54.3 Å². The fourth-order valence-corrected chi connectivity index (χ4v) is 3.74. The zero-order chi connectivity index (χ0) is 22.0. The van der Waals surface area contributed by atoms with Gasteiger partial charge in [0.05, 0.1) is 11.3 Å². The summed E-state index contributed by atoms with van der Waals surface area (Å²) >= 11 is 1.16. The van der Waals surface area contributed by atoms with Gasteiger partial charge >= 0.3 is 6.36 Å². The fraction of sp³-hybridized carbons (Fsp3) is 0.250. The number of halogens is 4. The van der Waals surface area contributed by atoms with Crippen molar-refractivity contribution in [1.82, 2.24) is 14.8 Å². The molecule has 0 spiro atoms. The van der Waals surface area contributed by atoms with Gasteiger partial charge in [-0.2, -0.15) is 0 Å². The van der Waals surface area contributed by atoms with Crippen molar-refractivity contribution in [2.24, 2.45) is 0 Å². The number of ether oxygens (including phenoxy) is 1. The Bertz CT molecular complexity index is 1080. The van der Waals surface area contributed by atoms with Gasteiger partial charge in [-0.25, -0.2) is 4.39 Å². The lowest BCUT2D eigenvalue weighted by Crippen LogP contribution is -2.17. The third kappa shape index (κ3) is 5.35. The summed E-state index contributed by atoms with van der Waals surface area (Å²) in [6.07, 6.45) is -2.93. The molecule has 0 saturated heterocycles. The Morgan fingerprint density at radius 3 is 2.48 bits per heavy atom. The van der Waals surface area contributed by atoms with Gasteiger partial charge < -0.3 is 10.1 Å². The molecule has 11 heteroatoms. The van der Waals surface area contributed by atoms with Crippen LogP contribution in [0.3, 0.4) is 0 Å². The molecule has 1 heterocycles. The second-order valence-corrected chi connectivity index (χ2v) is 7.74. The van der Waals surface area contributed by atoms with Crippen molar-refractivity contribution >= 4 is 23.4 Å². The van der Waals surface area contributed by atoms with E-state index < -0.39 is 12.2 Å². The largest absolute Gasteiger partial charge is 0.573 e. The van der Waals surface area contributed by atoms with Gasteiger partial charge in [0, 0.05) is 11.7 Å². The number of rotatable bonds is 7. The minimum atomic E-state index is -4.78. The molecule has 6 nitrogen and oxygen atoms in total. The number of aromatic nitrogens is 3. The lowest BCUT2D eigenvalue weighted by atomic mass is 10.2. The Morgan fingerprint density at radius 1 is 1.13 bits per heavy atom. The SMILES string of the molecule is O=C(CSc1nnc(-c2ccccc2F)n1C1CC1)Nc1ccc(OC(F)(F)F)cc1. The van der Waals surface area contributed by atoms with Crippen LogP contribution < -0.4 is 10.1 Å². The summed E-state index contributed by atoms with van der Waals surface area (Å²) in [6.45, 7) is 0. The van der Waals surface area contributed by atoms with Crippen molar-refractivity contribution in [3.8, 4) is 17.1 Å². The van der Waals surface area contributed by atoms with Crippen LogP contribution in [-0.2, 0) is 4.79 Å². The van der Waals surface area contributed by atoms with Crippen LogP contribution in [-0.4, -0.2) is 32.8 Å². The zero-order valence-corrected chi connectivity index (χ0v) is 16.7. The van der Waals surface area contributed by atoms with E-state index in [0.717, 1.165) is 36.7 Å². The van der Waals surface area contributed by atoms with Gasteiger partial charge in [-0.05, 0) is 49.2 Å². The van der Waals surface area contributed by atoms with E-state index in [-0.39, 0.29) is 23.5 Å². The second kappa shape index (κ2) is 8.58. The highest BCUT2D eigenvalue weighted by Crippen LogP contribution is 2.41. The molecule has 31 heavy (non-hydrogen) atoms. The van der Waals surface area contributed by atoms with Gasteiger partial charge in [-0.1, -0.05) is 23.9 Å². The molecule has 0 atom stereocenters. The van der Waals surface area contributed by atoms with Crippen molar-refractivity contribution in [2.45, 2.75) is 30.4 Å². The van der Waals surface area contributed by atoms with E-state index in [9.17, 15) is 22.4 Å². The second-order valence-electron chi connectivity index (χ2n) is 6.80. The molecule has 2 aromatic carbocycles. The van der Waals surface area contributed by atoms with Crippen LogP contribution >= 0.6 is 11.8 Å². The van der Waals surface area contributed by atoms with Crippen LogP contribution in [0.25, 0.3) is 11.4 Å². The van der Waals surface area contributed by atoms with E-state index in [2.05, 4.69) is 20.3 Å². The van der Waals surface area contributed by atoms with Gasteiger partial charge in [-0.3, -0.25) is 9.36 Å². The predicted octanol–water partition coefficient (Wildman–Crippen LogP) is 5.05. The maximum absolute atomic E-state index is 14.2. The topological polar surface area (TPSA) is 69.0 Å². The fourth-order valence-electron chi connectivity index (χ4n) is 2.93. The molecular weight excluding hydrogens is 436 g/mol. The zero-order valence-electron chi connectivity index (χ0n) is 15.9. The Morgan fingerprint density at radius 2 is 1.84 bits per heavy atom. The highest BCUT2D eigenvalue weighted by Gasteiger charge is 2.32. The van der Waals surface area contributed by atoms with E-state index in [1.165, 1.54) is 18.2 Å². The minimum absolute atomic E-state index is 0.00290. The number of hydrogen-bond donors (Lipinski definition) is 1. The average molecular weight is 452 g/mol. The van der Waals surface area contributed by atoms with Gasteiger partial charge in [0.2, 0.25) is 5.91 Å². The molecule has 1 fully saturated rings. The van der Waals surface area contributed by atoms with Crippen molar-refractivity contribution in [2.75, 3.05) is 11.1 Å². The first-order chi connectivity index (χ1) is 14.8. The van der Waals surface area contributed by atoms with Gasteiger partial charge in [-0.15, -0.1) is 23.4 Å². The summed E-state index contributed by atoms with van der Waals surface area (Å²) < 4.78 is 56.5. The first kappa shape index (κ1) is 21.2. The molecule has 0 unspecified atom stereocenters. The van der Waals surface area contributed by atoms with Gasteiger partial charge in [0.15, 0.2) is 11.0 Å². The number of benzene rings is 2. The number of nitrogens with one attached hydrogen (secondary N) is 1. The summed E-state index contributed by atoms with van der Waals surface area (Å²) in [7, 11) is 0. The van der Waals surface area contributed by atoms with Crippen LogP contribution in [0.5, 0.6) is 5.75 Å². The number of anilines is 1. The van der Waals surface area contributed by atoms with Crippen molar-refractivity contribution in [1.29, 1.82) is 0 Å². The molecule has 0 aliphatic heterocycles. The van der Waals surface area contributed by atoms with Crippen LogP contribution in [0.1, 0.15) is 18.9 Å². The molecular formula is C20H16F4N4O2S. The number of nitrogens with zero attached hydrogens (tertiary/aromatic N) is 3. The minimum Gasteiger partial charge on any atom is -0.406 e. The highest BCUT2D eigenvalue weighted by atomic mass is 32.2. The number of amides is 1. The Labute approximate surface area is 178 Å². The monoisotopic (exact) mass is 452 g/mol. The van der Waals surface area contributed by atoms with Crippen LogP contribution in [0.15, 0.2) is 53.7 Å². The van der Waals surface area contributed by atoms with Crippen LogP contribution in [0, 0.1) is 5.82 Å². The molecule has 162 valence electrons. The quantitative estimate of drug-likeness (QED) is 0.401. The third-order valence-electron chi connectivity index (χ3n) is 4.40. The Balaban J connectivity index is 1.40. The molecule has 1 saturated carbocycles. The number of alkyl halides is 3. The van der Waals surface area contributed by atoms with Gasteiger partial charge in [0.25, 0.3) is 0 Å².